The number of amides is 2. The number of likely N-dealkylation sites (N-methyl/N-ethyl adjacent to an activating group) is 1. The van der Waals surface area contributed by atoms with Gasteiger partial charge in [0.05, 0.1) is 7.11 Å². The normalized spacial score (nSPS) is 9.69. The predicted octanol–water partition coefficient (Wildman–Crippen LogP) is 1.51. The van der Waals surface area contributed by atoms with E-state index in [1.807, 2.05) is 24.3 Å². The van der Waals surface area contributed by atoms with E-state index in [9.17, 15) is 4.79 Å². The Hall–Kier alpha value is -1.71. The van der Waals surface area contributed by atoms with Gasteiger partial charge in [-0.3, -0.25) is 0 Å². The van der Waals surface area contributed by atoms with Gasteiger partial charge in [0.1, 0.15) is 5.75 Å². The van der Waals surface area contributed by atoms with Crippen molar-refractivity contribution < 1.29 is 9.53 Å². The molecule has 0 atom stereocenters. The molecule has 0 bridgehead atoms. The number of urea groups is 1. The number of nitrogens with one attached hydrogen (secondary N) is 1. The Labute approximate surface area is 96.2 Å². The van der Waals surface area contributed by atoms with E-state index in [2.05, 4.69) is 5.32 Å². The zero-order chi connectivity index (χ0) is 12.0. The Kier molecular flexibility index (Phi) is 4.64. The first-order valence-electron chi connectivity index (χ1n) is 5.23. The number of carbonyl (C=O) groups excluding carboxylic acids is 1. The highest BCUT2D eigenvalue weighted by molar-refractivity contribution is 5.73. The second-order valence-corrected chi connectivity index (χ2v) is 3.54. The van der Waals surface area contributed by atoms with Crippen molar-refractivity contribution in [1.29, 1.82) is 0 Å². The Morgan fingerprint density at radius 3 is 2.75 bits per heavy atom. The molecular weight excluding hydrogens is 204 g/mol. The maximum atomic E-state index is 11.3. The highest BCUT2D eigenvalue weighted by Crippen LogP contribution is 2.17. The third-order valence-electron chi connectivity index (χ3n) is 2.47. The van der Waals surface area contributed by atoms with Crippen LogP contribution in [0.2, 0.25) is 0 Å². The molecule has 4 heteroatoms. The van der Waals surface area contributed by atoms with Crippen LogP contribution in [0.1, 0.15) is 5.56 Å². The van der Waals surface area contributed by atoms with Crippen LogP contribution in [0.5, 0.6) is 5.75 Å². The molecular formula is C12H18N2O2. The molecule has 1 aromatic carbocycles. The molecule has 1 aromatic rings. The molecule has 0 heterocycles. The van der Waals surface area contributed by atoms with Gasteiger partial charge in [0.2, 0.25) is 0 Å². The number of para-hydroxylation sites is 1. The maximum absolute atomic E-state index is 11.3. The zero-order valence-electron chi connectivity index (χ0n) is 9.99. The Bertz CT molecular complexity index is 353. The summed E-state index contributed by atoms with van der Waals surface area (Å²) in [6, 6.07) is 7.77. The van der Waals surface area contributed by atoms with E-state index in [1.165, 1.54) is 0 Å². The summed E-state index contributed by atoms with van der Waals surface area (Å²) < 4.78 is 5.25. The lowest BCUT2D eigenvalue weighted by atomic mass is 10.1. The molecule has 0 aliphatic heterocycles. The summed E-state index contributed by atoms with van der Waals surface area (Å²) in [4.78, 5) is 12.9. The second kappa shape index (κ2) is 6.00. The predicted molar refractivity (Wildman–Crippen MR) is 63.8 cm³/mol. The van der Waals surface area contributed by atoms with Gasteiger partial charge in [0.25, 0.3) is 0 Å². The number of ether oxygens (including phenoxy) is 1. The Balaban J connectivity index is 2.57. The fourth-order valence-corrected chi connectivity index (χ4v) is 1.49. The molecule has 0 aliphatic carbocycles. The minimum Gasteiger partial charge on any atom is -0.496 e. The molecule has 0 aliphatic rings. The van der Waals surface area contributed by atoms with E-state index >= 15 is 0 Å². The number of hydrogen-bond donors (Lipinski definition) is 1. The topological polar surface area (TPSA) is 41.6 Å². The highest BCUT2D eigenvalue weighted by atomic mass is 16.5. The van der Waals surface area contributed by atoms with Crippen LogP contribution in [0.4, 0.5) is 4.79 Å². The third kappa shape index (κ3) is 3.15. The van der Waals surface area contributed by atoms with Crippen molar-refractivity contribution in [3.8, 4) is 5.75 Å². The molecule has 1 N–H and O–H groups in total. The molecule has 2 amide bonds. The lowest BCUT2D eigenvalue weighted by Gasteiger charge is -2.17. The van der Waals surface area contributed by atoms with E-state index in [-0.39, 0.29) is 6.03 Å². The van der Waals surface area contributed by atoms with Gasteiger partial charge in [-0.25, -0.2) is 4.79 Å². The van der Waals surface area contributed by atoms with Gasteiger partial charge < -0.3 is 15.0 Å². The molecule has 0 saturated carbocycles. The molecule has 0 aromatic heterocycles. The van der Waals surface area contributed by atoms with Crippen molar-refractivity contribution in [2.75, 3.05) is 27.7 Å². The van der Waals surface area contributed by atoms with E-state index in [0.717, 1.165) is 17.7 Å². The van der Waals surface area contributed by atoms with E-state index in [1.54, 1.807) is 26.1 Å². The number of nitrogens with zero attached hydrogens (tertiary/aromatic N) is 1. The van der Waals surface area contributed by atoms with Crippen LogP contribution < -0.4 is 10.1 Å². The van der Waals surface area contributed by atoms with Crippen molar-refractivity contribution in [2.24, 2.45) is 0 Å². The van der Waals surface area contributed by atoms with Crippen LogP contribution in [0.15, 0.2) is 24.3 Å². The monoisotopic (exact) mass is 222 g/mol. The molecule has 0 fully saturated rings. The lowest BCUT2D eigenvalue weighted by Crippen LogP contribution is -2.36. The van der Waals surface area contributed by atoms with E-state index in [0.29, 0.717) is 6.54 Å². The maximum Gasteiger partial charge on any atom is 0.316 e. The molecule has 88 valence electrons. The summed E-state index contributed by atoms with van der Waals surface area (Å²) in [5.74, 6) is 0.868. The van der Waals surface area contributed by atoms with Crippen LogP contribution in [-0.4, -0.2) is 38.7 Å². The van der Waals surface area contributed by atoms with Crippen molar-refractivity contribution >= 4 is 6.03 Å². The standard InChI is InChI=1S/C12H18N2O2/c1-13-12(15)14(2)9-8-10-6-4-5-7-11(10)16-3/h4-7H,8-9H2,1-3H3,(H,13,15). The average Bonchev–Trinajstić information content (AvgIpc) is 2.35. The summed E-state index contributed by atoms with van der Waals surface area (Å²) in [7, 11) is 5.05. The Morgan fingerprint density at radius 1 is 1.44 bits per heavy atom. The van der Waals surface area contributed by atoms with Crippen molar-refractivity contribution in [2.45, 2.75) is 6.42 Å². The zero-order valence-corrected chi connectivity index (χ0v) is 9.99. The van der Waals surface area contributed by atoms with Gasteiger partial charge >= 0.3 is 6.03 Å². The number of carbonyl (C=O) groups is 1. The summed E-state index contributed by atoms with van der Waals surface area (Å²) in [5, 5.41) is 2.59. The van der Waals surface area contributed by atoms with Crippen molar-refractivity contribution in [3.05, 3.63) is 29.8 Å². The molecule has 0 spiro atoms. The lowest BCUT2D eigenvalue weighted by molar-refractivity contribution is 0.211. The molecule has 16 heavy (non-hydrogen) atoms. The summed E-state index contributed by atoms with van der Waals surface area (Å²) >= 11 is 0. The smallest absolute Gasteiger partial charge is 0.316 e. The van der Waals surface area contributed by atoms with E-state index < -0.39 is 0 Å². The highest BCUT2D eigenvalue weighted by Gasteiger charge is 2.07. The number of benzene rings is 1. The minimum atomic E-state index is -0.0742. The van der Waals surface area contributed by atoms with Crippen LogP contribution in [-0.2, 0) is 6.42 Å². The Morgan fingerprint density at radius 2 is 2.12 bits per heavy atom. The largest absolute Gasteiger partial charge is 0.496 e. The van der Waals surface area contributed by atoms with Crippen molar-refractivity contribution in [1.82, 2.24) is 10.2 Å². The minimum absolute atomic E-state index is 0.0742. The third-order valence-corrected chi connectivity index (χ3v) is 2.47. The average molecular weight is 222 g/mol. The van der Waals surface area contributed by atoms with E-state index in [4.69, 9.17) is 4.74 Å². The molecule has 0 saturated heterocycles. The van der Waals surface area contributed by atoms with Crippen molar-refractivity contribution in [3.63, 3.8) is 0 Å². The van der Waals surface area contributed by atoms with Crippen LogP contribution >= 0.6 is 0 Å². The fourth-order valence-electron chi connectivity index (χ4n) is 1.49. The van der Waals surface area contributed by atoms with Crippen LogP contribution in [0.3, 0.4) is 0 Å². The summed E-state index contributed by atoms with van der Waals surface area (Å²) in [5.41, 5.74) is 1.11. The molecule has 0 unspecified atom stereocenters. The van der Waals surface area contributed by atoms with Gasteiger partial charge in [-0.05, 0) is 18.1 Å². The molecule has 4 nitrogen and oxygen atoms in total. The SMILES string of the molecule is CNC(=O)N(C)CCc1ccccc1OC. The fraction of sp³-hybridized carbons (Fsp3) is 0.417. The second-order valence-electron chi connectivity index (χ2n) is 3.54. The number of methoxy groups -OCH3 is 1. The first-order valence-corrected chi connectivity index (χ1v) is 5.23. The first-order chi connectivity index (χ1) is 7.69. The van der Waals surface area contributed by atoms with Crippen LogP contribution in [0.25, 0.3) is 0 Å². The van der Waals surface area contributed by atoms with Gasteiger partial charge in [-0.1, -0.05) is 18.2 Å². The van der Waals surface area contributed by atoms with Gasteiger partial charge in [0.15, 0.2) is 0 Å². The summed E-state index contributed by atoms with van der Waals surface area (Å²) in [6.07, 6.45) is 0.786. The molecule has 0 radical (unpaired) electrons. The van der Waals surface area contributed by atoms with Gasteiger partial charge in [-0.2, -0.15) is 0 Å². The quantitative estimate of drug-likeness (QED) is 0.839. The summed E-state index contributed by atoms with van der Waals surface area (Å²) in [6.45, 7) is 0.667. The molecule has 1 rings (SSSR count). The van der Waals surface area contributed by atoms with Gasteiger partial charge in [0, 0.05) is 20.6 Å². The number of rotatable bonds is 4. The van der Waals surface area contributed by atoms with Gasteiger partial charge in [-0.15, -0.1) is 0 Å². The number of hydrogen-bond acceptors (Lipinski definition) is 2. The first kappa shape index (κ1) is 12.4. The van der Waals surface area contributed by atoms with Crippen LogP contribution in [0, 0.1) is 0 Å².